The van der Waals surface area contributed by atoms with E-state index in [1.807, 2.05) is 6.07 Å². The van der Waals surface area contributed by atoms with Gasteiger partial charge in [0.2, 0.25) is 23.6 Å². The van der Waals surface area contributed by atoms with Crippen molar-refractivity contribution in [1.29, 1.82) is 0 Å². The fraction of sp³-hybridized carbons (Fsp3) is 0.440. The fourth-order valence-corrected chi connectivity index (χ4v) is 3.54. The van der Waals surface area contributed by atoms with Crippen LogP contribution in [0.2, 0.25) is 0 Å². The highest BCUT2D eigenvalue weighted by molar-refractivity contribution is 5.94. The van der Waals surface area contributed by atoms with Crippen LogP contribution in [0.3, 0.4) is 0 Å². The van der Waals surface area contributed by atoms with E-state index in [1.54, 1.807) is 38.1 Å². The number of carboxylic acids is 1. The highest BCUT2D eigenvalue weighted by Gasteiger charge is 2.31. The molecule has 1 aromatic carbocycles. The van der Waals surface area contributed by atoms with Crippen molar-refractivity contribution in [2.75, 3.05) is 0 Å². The molecule has 0 radical (unpaired) electrons. The van der Waals surface area contributed by atoms with Gasteiger partial charge in [-0.1, -0.05) is 44.2 Å². The molecule has 0 aliphatic rings. The fourth-order valence-electron chi connectivity index (χ4n) is 3.54. The Kier molecular flexibility index (Phi) is 11.4. The Morgan fingerprint density at radius 1 is 0.921 bits per heavy atom. The van der Waals surface area contributed by atoms with Crippen LogP contribution in [-0.4, -0.2) is 68.8 Å². The van der Waals surface area contributed by atoms with E-state index in [2.05, 4.69) is 25.9 Å². The summed E-state index contributed by atoms with van der Waals surface area (Å²) in [6.07, 6.45) is 2.45. The summed E-state index contributed by atoms with van der Waals surface area (Å²) in [6.45, 7) is 3.55. The second-order valence-electron chi connectivity index (χ2n) is 9.27. The molecule has 38 heavy (non-hydrogen) atoms. The molecule has 0 aliphatic carbocycles. The quantitative estimate of drug-likeness (QED) is 0.151. The maximum absolute atomic E-state index is 13.4. The van der Waals surface area contributed by atoms with Crippen LogP contribution < -0.4 is 27.4 Å². The minimum Gasteiger partial charge on any atom is -0.480 e. The lowest BCUT2D eigenvalue weighted by Crippen LogP contribution is -2.58. The largest absolute Gasteiger partial charge is 0.480 e. The van der Waals surface area contributed by atoms with Crippen molar-refractivity contribution in [2.24, 2.45) is 17.4 Å². The molecule has 2 rings (SSSR count). The van der Waals surface area contributed by atoms with Gasteiger partial charge in [0, 0.05) is 31.2 Å². The molecular formula is C25H35N7O6. The van der Waals surface area contributed by atoms with E-state index < -0.39 is 53.8 Å². The van der Waals surface area contributed by atoms with E-state index in [-0.39, 0.29) is 31.6 Å². The third-order valence-electron chi connectivity index (χ3n) is 5.84. The van der Waals surface area contributed by atoms with Gasteiger partial charge in [0.05, 0.1) is 12.4 Å². The first-order valence-corrected chi connectivity index (χ1v) is 12.2. The van der Waals surface area contributed by atoms with Gasteiger partial charge in [0.1, 0.15) is 18.1 Å². The zero-order chi connectivity index (χ0) is 28.2. The van der Waals surface area contributed by atoms with Crippen molar-refractivity contribution in [3.63, 3.8) is 0 Å². The average molecular weight is 530 g/mol. The summed E-state index contributed by atoms with van der Waals surface area (Å²) >= 11 is 0. The van der Waals surface area contributed by atoms with E-state index in [4.69, 9.17) is 11.5 Å². The summed E-state index contributed by atoms with van der Waals surface area (Å²) in [4.78, 5) is 68.7. The van der Waals surface area contributed by atoms with Gasteiger partial charge in [-0.15, -0.1) is 0 Å². The molecule has 0 aliphatic heterocycles. The van der Waals surface area contributed by atoms with Gasteiger partial charge < -0.3 is 37.5 Å². The maximum Gasteiger partial charge on any atom is 0.326 e. The van der Waals surface area contributed by atoms with Gasteiger partial charge in [0.15, 0.2) is 0 Å². The van der Waals surface area contributed by atoms with Crippen LogP contribution in [0.4, 0.5) is 0 Å². The number of benzene rings is 1. The van der Waals surface area contributed by atoms with Gasteiger partial charge in [0.25, 0.3) is 0 Å². The SMILES string of the molecule is CC(C)C(N)C(=O)NC(Cc1ccccc1)C(=O)NC(Cc1cnc[nH]1)C(=O)NC(CCC(N)=O)C(=O)O. The van der Waals surface area contributed by atoms with Gasteiger partial charge in [-0.3, -0.25) is 19.2 Å². The van der Waals surface area contributed by atoms with Crippen LogP contribution in [0.5, 0.6) is 0 Å². The van der Waals surface area contributed by atoms with Gasteiger partial charge in [-0.2, -0.15) is 0 Å². The van der Waals surface area contributed by atoms with Crippen molar-refractivity contribution < 1.29 is 29.1 Å². The van der Waals surface area contributed by atoms with E-state index in [1.165, 1.54) is 12.5 Å². The number of rotatable bonds is 15. The lowest BCUT2D eigenvalue weighted by molar-refractivity contribution is -0.142. The van der Waals surface area contributed by atoms with Crippen LogP contribution in [0.15, 0.2) is 42.9 Å². The number of hydrogen-bond acceptors (Lipinski definition) is 7. The second-order valence-corrected chi connectivity index (χ2v) is 9.27. The average Bonchev–Trinajstić information content (AvgIpc) is 3.38. The zero-order valence-corrected chi connectivity index (χ0v) is 21.3. The lowest BCUT2D eigenvalue weighted by atomic mass is 10.0. The number of hydrogen-bond donors (Lipinski definition) is 7. The second kappa shape index (κ2) is 14.5. The van der Waals surface area contributed by atoms with E-state index >= 15 is 0 Å². The third-order valence-corrected chi connectivity index (χ3v) is 5.84. The Labute approximate surface area is 220 Å². The highest BCUT2D eigenvalue weighted by atomic mass is 16.4. The lowest BCUT2D eigenvalue weighted by Gasteiger charge is -2.25. The number of imidazole rings is 1. The van der Waals surface area contributed by atoms with Crippen LogP contribution in [0, 0.1) is 5.92 Å². The number of nitrogens with one attached hydrogen (secondary N) is 4. The smallest absolute Gasteiger partial charge is 0.326 e. The molecule has 4 unspecified atom stereocenters. The van der Waals surface area contributed by atoms with Crippen molar-refractivity contribution in [2.45, 2.75) is 63.7 Å². The Morgan fingerprint density at radius 2 is 1.50 bits per heavy atom. The van der Waals surface area contributed by atoms with E-state index in [9.17, 15) is 29.1 Å². The normalized spacial score (nSPS) is 14.1. The Balaban J connectivity index is 2.26. The minimum atomic E-state index is -1.40. The Hall–Kier alpha value is -4.26. The number of amides is 4. The van der Waals surface area contributed by atoms with E-state index in [0.29, 0.717) is 5.69 Å². The minimum absolute atomic E-state index is 0.0444. The standard InChI is InChI=1S/C25H35N7O6/c1-14(2)21(27)24(36)32-18(10-15-6-4-3-5-7-15)22(34)31-19(11-16-12-28-13-29-16)23(35)30-17(25(37)38)8-9-20(26)33/h3-7,12-14,17-19,21H,8-11,27H2,1-2H3,(H2,26,33)(H,28,29)(H,30,35)(H,31,34)(H,32,36)(H,37,38). The molecule has 0 saturated heterocycles. The van der Waals surface area contributed by atoms with Crippen LogP contribution in [0.25, 0.3) is 0 Å². The number of carbonyl (C=O) groups is 5. The predicted molar refractivity (Wildman–Crippen MR) is 137 cm³/mol. The molecule has 9 N–H and O–H groups in total. The number of H-pyrrole nitrogens is 1. The molecule has 13 nitrogen and oxygen atoms in total. The Morgan fingerprint density at radius 3 is 2.03 bits per heavy atom. The molecule has 0 bridgehead atoms. The molecule has 4 atom stereocenters. The first-order valence-electron chi connectivity index (χ1n) is 12.2. The number of aliphatic carboxylic acids is 1. The number of nitrogens with zero attached hydrogens (tertiary/aromatic N) is 1. The highest BCUT2D eigenvalue weighted by Crippen LogP contribution is 2.08. The Bertz CT molecular complexity index is 1090. The monoisotopic (exact) mass is 529 g/mol. The summed E-state index contributed by atoms with van der Waals surface area (Å²) in [5.74, 6) is -4.24. The number of nitrogens with two attached hydrogens (primary N) is 2. The first kappa shape index (κ1) is 30.0. The molecule has 4 amide bonds. The number of carboxylic acid groups (broad SMARTS) is 1. The number of carbonyl (C=O) groups excluding carboxylic acids is 4. The molecular weight excluding hydrogens is 494 g/mol. The summed E-state index contributed by atoms with van der Waals surface area (Å²) in [5.41, 5.74) is 12.3. The third kappa shape index (κ3) is 9.65. The molecule has 1 heterocycles. The van der Waals surface area contributed by atoms with Crippen molar-refractivity contribution >= 4 is 29.6 Å². The topological polar surface area (TPSA) is 222 Å². The van der Waals surface area contributed by atoms with Crippen molar-refractivity contribution in [3.8, 4) is 0 Å². The van der Waals surface area contributed by atoms with Gasteiger partial charge >= 0.3 is 5.97 Å². The van der Waals surface area contributed by atoms with Crippen LogP contribution in [-0.2, 0) is 36.8 Å². The molecule has 13 heteroatoms. The van der Waals surface area contributed by atoms with Crippen LogP contribution in [0.1, 0.15) is 37.9 Å². The van der Waals surface area contributed by atoms with Crippen molar-refractivity contribution in [1.82, 2.24) is 25.9 Å². The molecule has 1 aromatic heterocycles. The molecule has 0 spiro atoms. The first-order chi connectivity index (χ1) is 18.0. The molecule has 206 valence electrons. The molecule has 0 saturated carbocycles. The summed E-state index contributed by atoms with van der Waals surface area (Å²) in [6, 6.07) is 4.42. The molecule has 0 fully saturated rings. The summed E-state index contributed by atoms with van der Waals surface area (Å²) < 4.78 is 0. The summed E-state index contributed by atoms with van der Waals surface area (Å²) in [7, 11) is 0. The zero-order valence-electron chi connectivity index (χ0n) is 21.3. The van der Waals surface area contributed by atoms with E-state index in [0.717, 1.165) is 5.56 Å². The van der Waals surface area contributed by atoms with Gasteiger partial charge in [-0.25, -0.2) is 9.78 Å². The molecule has 2 aromatic rings. The van der Waals surface area contributed by atoms with Crippen molar-refractivity contribution in [3.05, 3.63) is 54.1 Å². The predicted octanol–water partition coefficient (Wildman–Crippen LogP) is -1.02. The maximum atomic E-state index is 13.4. The van der Waals surface area contributed by atoms with Gasteiger partial charge in [-0.05, 0) is 17.9 Å². The summed E-state index contributed by atoms with van der Waals surface area (Å²) in [5, 5.41) is 17.1. The number of primary amides is 1. The van der Waals surface area contributed by atoms with Crippen LogP contribution >= 0.6 is 0 Å². The number of aromatic amines is 1. The number of aromatic nitrogens is 2.